The van der Waals surface area contributed by atoms with E-state index in [1.165, 1.54) is 25.8 Å². The van der Waals surface area contributed by atoms with Crippen molar-refractivity contribution in [3.63, 3.8) is 0 Å². The minimum Gasteiger partial charge on any atom is -0.489 e. The SMILES string of the molecule is Cc1ccc(-c2ccc(OCc3ccccc3)cc2)c(I)c1. The van der Waals surface area contributed by atoms with Crippen LogP contribution in [0.2, 0.25) is 0 Å². The van der Waals surface area contributed by atoms with Crippen molar-refractivity contribution < 1.29 is 4.74 Å². The van der Waals surface area contributed by atoms with Crippen LogP contribution in [0.5, 0.6) is 5.75 Å². The average Bonchev–Trinajstić information content (AvgIpc) is 2.55. The lowest BCUT2D eigenvalue weighted by Crippen LogP contribution is -1.94. The van der Waals surface area contributed by atoms with Crippen molar-refractivity contribution >= 4 is 22.6 Å². The first-order valence-corrected chi connectivity index (χ1v) is 8.33. The number of ether oxygens (including phenoxy) is 1. The van der Waals surface area contributed by atoms with Gasteiger partial charge in [0.15, 0.2) is 0 Å². The molecule has 0 unspecified atom stereocenters. The standard InChI is InChI=1S/C20H17IO/c1-15-7-12-19(20(21)13-15)17-8-10-18(11-9-17)22-14-16-5-3-2-4-6-16/h2-13H,14H2,1H3. The Kier molecular flexibility index (Phi) is 4.78. The Morgan fingerprint density at radius 3 is 2.27 bits per heavy atom. The predicted molar refractivity (Wildman–Crippen MR) is 100 cm³/mol. The molecule has 0 bridgehead atoms. The smallest absolute Gasteiger partial charge is 0.119 e. The first kappa shape index (κ1) is 15.1. The maximum Gasteiger partial charge on any atom is 0.119 e. The molecule has 0 amide bonds. The maximum atomic E-state index is 5.83. The molecule has 0 atom stereocenters. The van der Waals surface area contributed by atoms with Crippen molar-refractivity contribution in [1.82, 2.24) is 0 Å². The van der Waals surface area contributed by atoms with E-state index in [2.05, 4.69) is 72.0 Å². The van der Waals surface area contributed by atoms with Gasteiger partial charge in [0.05, 0.1) is 0 Å². The van der Waals surface area contributed by atoms with E-state index in [0.717, 1.165) is 5.75 Å². The Labute approximate surface area is 145 Å². The van der Waals surface area contributed by atoms with Crippen LogP contribution in [0.4, 0.5) is 0 Å². The van der Waals surface area contributed by atoms with Crippen LogP contribution in [0.3, 0.4) is 0 Å². The monoisotopic (exact) mass is 400 g/mol. The lowest BCUT2D eigenvalue weighted by molar-refractivity contribution is 0.306. The fourth-order valence-corrected chi connectivity index (χ4v) is 3.31. The summed E-state index contributed by atoms with van der Waals surface area (Å²) in [4.78, 5) is 0. The summed E-state index contributed by atoms with van der Waals surface area (Å²) in [5.74, 6) is 0.898. The third kappa shape index (κ3) is 3.69. The summed E-state index contributed by atoms with van der Waals surface area (Å²) in [5.41, 5.74) is 4.95. The van der Waals surface area contributed by atoms with Crippen molar-refractivity contribution in [2.45, 2.75) is 13.5 Å². The summed E-state index contributed by atoms with van der Waals surface area (Å²) in [5, 5.41) is 0. The van der Waals surface area contributed by atoms with Crippen molar-refractivity contribution in [3.05, 3.63) is 87.5 Å². The highest BCUT2D eigenvalue weighted by Gasteiger charge is 2.04. The second-order valence-electron chi connectivity index (χ2n) is 5.28. The normalized spacial score (nSPS) is 10.5. The van der Waals surface area contributed by atoms with Gasteiger partial charge in [-0.25, -0.2) is 0 Å². The van der Waals surface area contributed by atoms with Crippen LogP contribution in [-0.4, -0.2) is 0 Å². The van der Waals surface area contributed by atoms with Gasteiger partial charge in [-0.15, -0.1) is 0 Å². The van der Waals surface area contributed by atoms with Crippen LogP contribution >= 0.6 is 22.6 Å². The Balaban J connectivity index is 1.72. The summed E-state index contributed by atoms with van der Waals surface area (Å²) < 4.78 is 7.10. The molecule has 0 saturated heterocycles. The Morgan fingerprint density at radius 1 is 0.864 bits per heavy atom. The number of halogens is 1. The van der Waals surface area contributed by atoms with Gasteiger partial charge < -0.3 is 4.74 Å². The zero-order valence-corrected chi connectivity index (χ0v) is 14.6. The van der Waals surface area contributed by atoms with E-state index in [9.17, 15) is 0 Å². The van der Waals surface area contributed by atoms with E-state index < -0.39 is 0 Å². The highest BCUT2D eigenvalue weighted by Crippen LogP contribution is 2.27. The number of benzene rings is 3. The minimum absolute atomic E-state index is 0.599. The molecule has 0 fully saturated rings. The molecular formula is C20H17IO. The largest absolute Gasteiger partial charge is 0.489 e. The average molecular weight is 400 g/mol. The first-order chi connectivity index (χ1) is 10.7. The molecule has 2 heteroatoms. The molecular weight excluding hydrogens is 383 g/mol. The number of rotatable bonds is 4. The predicted octanol–water partition coefficient (Wildman–Crippen LogP) is 5.85. The van der Waals surface area contributed by atoms with Crippen molar-refractivity contribution in [3.8, 4) is 16.9 Å². The molecule has 3 aromatic rings. The van der Waals surface area contributed by atoms with Gasteiger partial charge in [-0.2, -0.15) is 0 Å². The number of hydrogen-bond donors (Lipinski definition) is 0. The summed E-state index contributed by atoms with van der Waals surface area (Å²) in [7, 11) is 0. The van der Waals surface area contributed by atoms with Crippen LogP contribution in [0, 0.1) is 10.5 Å². The van der Waals surface area contributed by atoms with E-state index in [1.54, 1.807) is 0 Å². The topological polar surface area (TPSA) is 9.23 Å². The summed E-state index contributed by atoms with van der Waals surface area (Å²) >= 11 is 2.39. The van der Waals surface area contributed by atoms with E-state index >= 15 is 0 Å². The van der Waals surface area contributed by atoms with Gasteiger partial charge in [-0.05, 0) is 64.4 Å². The molecule has 1 nitrogen and oxygen atoms in total. The van der Waals surface area contributed by atoms with Gasteiger partial charge in [-0.3, -0.25) is 0 Å². The van der Waals surface area contributed by atoms with Crippen LogP contribution in [0.1, 0.15) is 11.1 Å². The van der Waals surface area contributed by atoms with Gasteiger partial charge in [0.2, 0.25) is 0 Å². The van der Waals surface area contributed by atoms with Crippen LogP contribution in [-0.2, 0) is 6.61 Å². The molecule has 0 aliphatic rings. The lowest BCUT2D eigenvalue weighted by atomic mass is 10.0. The zero-order chi connectivity index (χ0) is 15.4. The molecule has 22 heavy (non-hydrogen) atoms. The fraction of sp³-hybridized carbons (Fsp3) is 0.100. The van der Waals surface area contributed by atoms with Crippen molar-refractivity contribution in [2.24, 2.45) is 0 Å². The van der Waals surface area contributed by atoms with Crippen LogP contribution < -0.4 is 4.74 Å². The third-order valence-corrected chi connectivity index (χ3v) is 4.43. The molecule has 0 radical (unpaired) electrons. The number of aryl methyl sites for hydroxylation is 1. The second kappa shape index (κ2) is 6.97. The highest BCUT2D eigenvalue weighted by atomic mass is 127. The van der Waals surface area contributed by atoms with E-state index in [0.29, 0.717) is 6.61 Å². The summed E-state index contributed by atoms with van der Waals surface area (Å²) in [6.07, 6.45) is 0. The molecule has 0 heterocycles. The molecule has 3 rings (SSSR count). The minimum atomic E-state index is 0.599. The quantitative estimate of drug-likeness (QED) is 0.500. The molecule has 0 spiro atoms. The molecule has 0 aliphatic heterocycles. The third-order valence-electron chi connectivity index (χ3n) is 3.54. The van der Waals surface area contributed by atoms with E-state index in [1.807, 2.05) is 30.3 Å². The van der Waals surface area contributed by atoms with Crippen LogP contribution in [0.15, 0.2) is 72.8 Å². The van der Waals surface area contributed by atoms with Gasteiger partial charge >= 0.3 is 0 Å². The van der Waals surface area contributed by atoms with E-state index in [4.69, 9.17) is 4.74 Å². The van der Waals surface area contributed by atoms with Crippen molar-refractivity contribution in [2.75, 3.05) is 0 Å². The molecule has 0 N–H and O–H groups in total. The van der Waals surface area contributed by atoms with Gasteiger partial charge in [0, 0.05) is 3.57 Å². The Morgan fingerprint density at radius 2 is 1.59 bits per heavy atom. The van der Waals surface area contributed by atoms with Gasteiger partial charge in [-0.1, -0.05) is 60.2 Å². The number of hydrogen-bond acceptors (Lipinski definition) is 1. The summed E-state index contributed by atoms with van der Waals surface area (Å²) in [6, 6.07) is 25.1. The Bertz CT molecular complexity index is 748. The highest BCUT2D eigenvalue weighted by molar-refractivity contribution is 14.1. The lowest BCUT2D eigenvalue weighted by Gasteiger charge is -2.09. The molecule has 0 saturated carbocycles. The molecule has 0 aromatic heterocycles. The second-order valence-corrected chi connectivity index (χ2v) is 6.44. The molecule has 0 aliphatic carbocycles. The van der Waals surface area contributed by atoms with Gasteiger partial charge in [0.25, 0.3) is 0 Å². The zero-order valence-electron chi connectivity index (χ0n) is 12.4. The maximum absolute atomic E-state index is 5.83. The summed E-state index contributed by atoms with van der Waals surface area (Å²) in [6.45, 7) is 2.72. The first-order valence-electron chi connectivity index (χ1n) is 7.26. The van der Waals surface area contributed by atoms with Crippen LogP contribution in [0.25, 0.3) is 11.1 Å². The fourth-order valence-electron chi connectivity index (χ4n) is 2.33. The van der Waals surface area contributed by atoms with Gasteiger partial charge in [0.1, 0.15) is 12.4 Å². The van der Waals surface area contributed by atoms with E-state index in [-0.39, 0.29) is 0 Å². The molecule has 3 aromatic carbocycles. The Hall–Kier alpha value is -1.81. The van der Waals surface area contributed by atoms with Crippen molar-refractivity contribution in [1.29, 1.82) is 0 Å². The molecule has 110 valence electrons.